The summed E-state index contributed by atoms with van der Waals surface area (Å²) in [7, 11) is 3.08. The molecule has 2 aromatic heterocycles. The molecule has 1 unspecified atom stereocenters. The minimum absolute atomic E-state index is 0. The Kier molecular flexibility index (Phi) is 24.5. The van der Waals surface area contributed by atoms with E-state index in [1.807, 2.05) is 0 Å². The predicted molar refractivity (Wildman–Crippen MR) is 279 cm³/mol. The zero-order valence-electron chi connectivity index (χ0n) is 39.0. The summed E-state index contributed by atoms with van der Waals surface area (Å²) in [6, 6.07) is 19.1. The third-order valence-electron chi connectivity index (χ3n) is 11.0. The van der Waals surface area contributed by atoms with Crippen LogP contribution in [0.3, 0.4) is 0 Å². The number of ether oxygens (including phenoxy) is 2. The van der Waals surface area contributed by atoms with Crippen LogP contribution < -0.4 is 10.6 Å². The number of benzene rings is 4. The van der Waals surface area contributed by atoms with Gasteiger partial charge in [-0.15, -0.1) is 6.58 Å². The maximum atomic E-state index is 13.6. The maximum Gasteiger partial charge on any atom is 0.412 e. The minimum atomic E-state index is -1.15. The smallest absolute Gasteiger partial charge is 0.412 e. The number of nitrogens with one attached hydrogen (secondary N) is 2. The lowest BCUT2D eigenvalue weighted by molar-refractivity contribution is -0.134. The number of fused-ring (bicyclic) bond motifs is 2. The van der Waals surface area contributed by atoms with Crippen molar-refractivity contribution in [2.24, 2.45) is 0 Å². The summed E-state index contributed by atoms with van der Waals surface area (Å²) in [6.45, 7) is 2.79. The SMILES string of the molecule is C=CC[C@@H](COC(=O)Nc1cc2cc(F)ccc2cn1)N(C)C(=O)CCc1cccc(F)c1Cl.CN(C(=O)CCc1cccc(F)c1Cl)[C@H](COC(=O)Nc1cc2cc(F)ccc2cn1)CC(O)CO.S.S. The molecule has 0 fully saturated rings. The Hall–Kier alpha value is -6.16. The van der Waals surface area contributed by atoms with Crippen molar-refractivity contribution in [1.29, 1.82) is 0 Å². The van der Waals surface area contributed by atoms with Crippen molar-refractivity contribution < 1.29 is 56.4 Å². The Balaban J connectivity index is 0.000000371. The number of nitrogens with zero attached hydrogens (tertiary/aromatic N) is 4. The predicted octanol–water partition coefficient (Wildman–Crippen LogP) is 9.89. The second-order valence-corrected chi connectivity index (χ2v) is 16.7. The molecule has 2 heterocycles. The second-order valence-electron chi connectivity index (χ2n) is 15.9. The van der Waals surface area contributed by atoms with Gasteiger partial charge >= 0.3 is 12.2 Å². The van der Waals surface area contributed by atoms with E-state index >= 15 is 0 Å². The van der Waals surface area contributed by atoms with Crippen LogP contribution in [-0.4, -0.2) is 106 Å². The van der Waals surface area contributed by atoms with Gasteiger partial charge in [-0.05, 0) is 108 Å². The average molecular weight is 1080 g/mol. The summed E-state index contributed by atoms with van der Waals surface area (Å²) < 4.78 is 64.7. The molecule has 386 valence electrons. The van der Waals surface area contributed by atoms with E-state index in [2.05, 4.69) is 27.2 Å². The highest BCUT2D eigenvalue weighted by Gasteiger charge is 2.25. The van der Waals surface area contributed by atoms with Gasteiger partial charge in [0.25, 0.3) is 0 Å². The molecule has 4 aromatic carbocycles. The number of aryl methyl sites for hydroxylation is 2. The first-order valence-electron chi connectivity index (χ1n) is 21.7. The second kappa shape index (κ2) is 29.4. The van der Waals surface area contributed by atoms with Gasteiger partial charge in [0, 0.05) is 50.1 Å². The van der Waals surface area contributed by atoms with Crippen molar-refractivity contribution in [3.63, 3.8) is 0 Å². The van der Waals surface area contributed by atoms with E-state index in [1.165, 1.54) is 83.8 Å². The number of rotatable bonds is 19. The van der Waals surface area contributed by atoms with Gasteiger partial charge in [0.1, 0.15) is 48.1 Å². The third-order valence-corrected chi connectivity index (χ3v) is 11.8. The topological polar surface area (TPSA) is 184 Å². The van der Waals surface area contributed by atoms with E-state index in [0.29, 0.717) is 33.7 Å². The van der Waals surface area contributed by atoms with Crippen LogP contribution in [-0.2, 0) is 31.9 Å². The van der Waals surface area contributed by atoms with Crippen molar-refractivity contribution in [2.45, 2.75) is 56.7 Å². The highest BCUT2D eigenvalue weighted by Crippen LogP contribution is 2.24. The number of anilines is 2. The molecule has 0 aliphatic carbocycles. The van der Waals surface area contributed by atoms with Crippen LogP contribution in [0, 0.1) is 23.3 Å². The number of aromatic nitrogens is 2. The van der Waals surface area contributed by atoms with Gasteiger partial charge in [-0.3, -0.25) is 20.2 Å². The average Bonchev–Trinajstić information content (AvgIpc) is 3.34. The Bertz CT molecular complexity index is 2820. The first-order chi connectivity index (χ1) is 33.5. The Labute approximate surface area is 437 Å². The summed E-state index contributed by atoms with van der Waals surface area (Å²) in [6.07, 6.45) is 2.74. The van der Waals surface area contributed by atoms with Crippen molar-refractivity contribution >= 4 is 107 Å². The molecule has 4 N–H and O–H groups in total. The number of aliphatic hydroxyl groups is 2. The van der Waals surface area contributed by atoms with Crippen LogP contribution in [0.5, 0.6) is 0 Å². The number of likely N-dealkylation sites (N-methyl/N-ethyl adjacent to an activating group) is 2. The molecule has 0 aliphatic heterocycles. The molecule has 6 aromatic rings. The fourth-order valence-corrected chi connectivity index (χ4v) is 7.41. The zero-order chi connectivity index (χ0) is 50.9. The van der Waals surface area contributed by atoms with Gasteiger partial charge in [0.15, 0.2) is 0 Å². The van der Waals surface area contributed by atoms with Gasteiger partial charge in [0.2, 0.25) is 11.8 Å². The largest absolute Gasteiger partial charge is 0.447 e. The number of aliphatic hydroxyl groups excluding tert-OH is 2. The molecule has 6 rings (SSSR count). The molecular formula is C50H54Cl2F4N6O8S2. The summed E-state index contributed by atoms with van der Waals surface area (Å²) in [5.41, 5.74) is 1.02. The summed E-state index contributed by atoms with van der Waals surface area (Å²) in [4.78, 5) is 61.0. The fraction of sp³-hybridized carbons (Fsp3) is 0.280. The molecule has 0 saturated carbocycles. The Morgan fingerprint density at radius 3 is 1.54 bits per heavy atom. The first-order valence-corrected chi connectivity index (χ1v) is 22.5. The van der Waals surface area contributed by atoms with Gasteiger partial charge in [-0.25, -0.2) is 37.1 Å². The van der Waals surface area contributed by atoms with Gasteiger partial charge in [-0.1, -0.05) is 53.5 Å². The molecule has 0 saturated heterocycles. The van der Waals surface area contributed by atoms with Crippen molar-refractivity contribution in [1.82, 2.24) is 19.8 Å². The van der Waals surface area contributed by atoms with Crippen LogP contribution in [0.25, 0.3) is 21.5 Å². The molecule has 0 spiro atoms. The van der Waals surface area contributed by atoms with Crippen molar-refractivity contribution in [3.8, 4) is 0 Å². The van der Waals surface area contributed by atoms with E-state index in [4.69, 9.17) is 32.7 Å². The van der Waals surface area contributed by atoms with Gasteiger partial charge in [0.05, 0.1) is 34.8 Å². The first kappa shape index (κ1) is 60.1. The van der Waals surface area contributed by atoms with Crippen molar-refractivity contribution in [3.05, 3.63) is 154 Å². The summed E-state index contributed by atoms with van der Waals surface area (Å²) in [5.74, 6) is -2.16. The minimum Gasteiger partial charge on any atom is -0.447 e. The molecule has 0 aliphatic rings. The van der Waals surface area contributed by atoms with Crippen LogP contribution in [0.15, 0.2) is 110 Å². The molecule has 22 heteroatoms. The molecule has 14 nitrogen and oxygen atoms in total. The summed E-state index contributed by atoms with van der Waals surface area (Å²) >= 11 is 11.9. The maximum absolute atomic E-state index is 13.6. The highest BCUT2D eigenvalue weighted by molar-refractivity contribution is 7.59. The van der Waals surface area contributed by atoms with E-state index in [1.54, 1.807) is 43.5 Å². The number of halogens is 6. The standard InChI is InChI=1S/C25H26ClF2N3O5.C25H24ClF2N3O3.2H2S/c1-31(23(34)8-6-15-3-2-4-21(28)24(15)26)19(11-20(33)13-32)14-36-25(35)30-22-10-17-9-18(27)7-5-16(17)12-29-22;1-3-5-20(31(2)23(32)11-9-16-6-4-7-21(28)24(16)26)15-34-25(33)30-22-13-18-12-19(27)10-8-17(18)14-29-22;;/h2-5,7,9-10,12,19-20,32-33H,6,8,11,13-14H2,1H3,(H,29,30,35);3-4,6-8,10,12-14,20H,1,5,9,11,15H2,2H3,(H,29,30,33);2*1H2/t19-,20?;20-;;/m00../s1. The van der Waals surface area contributed by atoms with E-state index < -0.39 is 60.2 Å². The lowest BCUT2D eigenvalue weighted by Gasteiger charge is -2.29. The van der Waals surface area contributed by atoms with E-state index in [0.717, 1.165) is 5.39 Å². The van der Waals surface area contributed by atoms with E-state index in [-0.39, 0.29) is 106 Å². The number of pyridine rings is 2. The van der Waals surface area contributed by atoms with Crippen LogP contribution in [0.4, 0.5) is 38.8 Å². The normalized spacial score (nSPS) is 11.9. The molecule has 72 heavy (non-hydrogen) atoms. The Morgan fingerprint density at radius 1 is 0.681 bits per heavy atom. The molecule has 0 bridgehead atoms. The van der Waals surface area contributed by atoms with Crippen molar-refractivity contribution in [2.75, 3.05) is 44.5 Å². The van der Waals surface area contributed by atoms with Crippen LogP contribution in [0.2, 0.25) is 10.0 Å². The molecule has 4 amide bonds. The van der Waals surface area contributed by atoms with E-state index in [9.17, 15) is 47.0 Å². The molecule has 3 atom stereocenters. The summed E-state index contributed by atoms with van der Waals surface area (Å²) in [5, 5.41) is 26.6. The van der Waals surface area contributed by atoms with Crippen LogP contribution >= 0.6 is 50.2 Å². The molecular weight excluding hydrogens is 1020 g/mol. The van der Waals surface area contributed by atoms with Gasteiger partial charge in [-0.2, -0.15) is 27.0 Å². The van der Waals surface area contributed by atoms with Gasteiger partial charge < -0.3 is 29.5 Å². The quantitative estimate of drug-likeness (QED) is 0.0450. The number of carbonyl (C=O) groups is 4. The number of hydrogen-bond acceptors (Lipinski definition) is 10. The fourth-order valence-electron chi connectivity index (χ4n) is 6.97. The lowest BCUT2D eigenvalue weighted by atomic mass is 10.1. The number of hydrogen-bond donors (Lipinski definition) is 4. The highest BCUT2D eigenvalue weighted by atomic mass is 35.5. The zero-order valence-corrected chi connectivity index (χ0v) is 42.5. The Morgan fingerprint density at radius 2 is 1.11 bits per heavy atom. The van der Waals surface area contributed by atoms with Crippen LogP contribution in [0.1, 0.15) is 36.8 Å². The number of carbonyl (C=O) groups excluding carboxylic acids is 4. The third kappa shape index (κ3) is 17.9. The lowest BCUT2D eigenvalue weighted by Crippen LogP contribution is -2.43. The number of amides is 4. The monoisotopic (exact) mass is 1080 g/mol. The molecule has 0 radical (unpaired) electrons.